The van der Waals surface area contributed by atoms with Crippen molar-refractivity contribution in [1.29, 1.82) is 0 Å². The maximum Gasteiger partial charge on any atom is 0.300 e. The van der Waals surface area contributed by atoms with E-state index in [1.807, 2.05) is 6.92 Å². The smallest absolute Gasteiger partial charge is 0.300 e. The van der Waals surface area contributed by atoms with Crippen LogP contribution in [0.15, 0.2) is 6.07 Å². The Kier molecular flexibility index (Phi) is 3.31. The van der Waals surface area contributed by atoms with Crippen LogP contribution < -0.4 is 14.8 Å². The number of nitro benzene ring substituents is 1. The summed E-state index contributed by atoms with van der Waals surface area (Å²) in [6.45, 7) is 3.65. The molecule has 8 heteroatoms. The van der Waals surface area contributed by atoms with E-state index in [4.69, 9.17) is 9.47 Å². The highest BCUT2D eigenvalue weighted by Gasteiger charge is 2.26. The fraction of sp³-hybridized carbons (Fsp3) is 0.417. The number of non-ortho nitro benzene ring substituents is 1. The maximum atomic E-state index is 11.2. The van der Waals surface area contributed by atoms with Crippen molar-refractivity contribution in [2.24, 2.45) is 0 Å². The summed E-state index contributed by atoms with van der Waals surface area (Å²) in [5.74, 6) is 0.972. The maximum absolute atomic E-state index is 11.2. The number of anilines is 1. The molecule has 7 nitrogen and oxygen atoms in total. The molecule has 0 spiro atoms. The molecule has 1 aliphatic rings. The summed E-state index contributed by atoms with van der Waals surface area (Å²) >= 11 is 1.35. The molecule has 2 aromatic rings. The van der Waals surface area contributed by atoms with Crippen LogP contribution >= 0.6 is 11.3 Å². The van der Waals surface area contributed by atoms with Gasteiger partial charge in [-0.25, -0.2) is 4.98 Å². The molecule has 0 saturated carbocycles. The molecule has 0 aliphatic carbocycles. The second kappa shape index (κ2) is 5.12. The Hall–Kier alpha value is -2.09. The zero-order valence-corrected chi connectivity index (χ0v) is 11.7. The molecule has 0 amide bonds. The fourth-order valence-corrected chi connectivity index (χ4v) is 3.01. The lowest BCUT2D eigenvalue weighted by atomic mass is 10.2. The number of hydrogen-bond acceptors (Lipinski definition) is 7. The summed E-state index contributed by atoms with van der Waals surface area (Å²) in [5, 5.41) is 15.0. The minimum atomic E-state index is -0.441. The normalized spacial score (nSPS) is 13.4. The molecule has 20 heavy (non-hydrogen) atoms. The summed E-state index contributed by atoms with van der Waals surface area (Å²) in [6.07, 6.45) is 0.954. The second-order valence-electron chi connectivity index (χ2n) is 4.30. The summed E-state index contributed by atoms with van der Waals surface area (Å²) in [7, 11) is 0. The lowest BCUT2D eigenvalue weighted by Gasteiger charge is -2.18. The van der Waals surface area contributed by atoms with Gasteiger partial charge in [-0.2, -0.15) is 0 Å². The Morgan fingerprint density at radius 1 is 1.50 bits per heavy atom. The van der Waals surface area contributed by atoms with Gasteiger partial charge >= 0.3 is 0 Å². The van der Waals surface area contributed by atoms with Crippen molar-refractivity contribution in [3.8, 4) is 11.5 Å². The van der Waals surface area contributed by atoms with E-state index in [1.165, 1.54) is 17.4 Å². The predicted octanol–water partition coefficient (Wildman–Crippen LogP) is 2.80. The number of nitrogens with one attached hydrogen (secondary N) is 1. The van der Waals surface area contributed by atoms with E-state index >= 15 is 0 Å². The first-order valence-corrected chi connectivity index (χ1v) is 7.13. The first kappa shape index (κ1) is 12.9. The van der Waals surface area contributed by atoms with Gasteiger partial charge in [-0.3, -0.25) is 10.1 Å². The topological polar surface area (TPSA) is 86.5 Å². The molecule has 1 N–H and O–H groups in total. The largest absolute Gasteiger partial charge is 0.486 e. The van der Waals surface area contributed by atoms with Crippen LogP contribution in [0.25, 0.3) is 10.2 Å². The number of fused-ring (bicyclic) bond motifs is 3. The predicted molar refractivity (Wildman–Crippen MR) is 76.0 cm³/mol. The fourth-order valence-electron chi connectivity index (χ4n) is 2.00. The molecule has 0 radical (unpaired) electrons. The standard InChI is InChI=1S/C12H13N3O4S/c1-2-3-13-12-14-9-7(15(16)17)6-8-10(11(9)20-12)19-5-4-18-8/h6H,2-5H2,1H3,(H,13,14). The van der Waals surface area contributed by atoms with Gasteiger partial charge in [0.1, 0.15) is 17.9 Å². The number of hydrogen-bond donors (Lipinski definition) is 1. The highest BCUT2D eigenvalue weighted by Crippen LogP contribution is 2.46. The van der Waals surface area contributed by atoms with Gasteiger partial charge in [0.05, 0.1) is 11.0 Å². The van der Waals surface area contributed by atoms with E-state index in [1.54, 1.807) is 0 Å². The molecule has 0 saturated heterocycles. The van der Waals surface area contributed by atoms with E-state index in [2.05, 4.69) is 10.3 Å². The van der Waals surface area contributed by atoms with E-state index in [0.29, 0.717) is 40.1 Å². The number of nitrogens with zero attached hydrogens (tertiary/aromatic N) is 2. The Labute approximate surface area is 118 Å². The van der Waals surface area contributed by atoms with E-state index < -0.39 is 4.92 Å². The Balaban J connectivity index is 2.17. The van der Waals surface area contributed by atoms with E-state index in [0.717, 1.165) is 13.0 Å². The molecule has 3 rings (SSSR count). The molecule has 1 aromatic carbocycles. The summed E-state index contributed by atoms with van der Waals surface area (Å²) in [6, 6.07) is 1.39. The number of thiazole rings is 1. The van der Waals surface area contributed by atoms with Crippen molar-refractivity contribution in [3.63, 3.8) is 0 Å². The van der Waals surface area contributed by atoms with Gasteiger partial charge in [-0.15, -0.1) is 0 Å². The van der Waals surface area contributed by atoms with Crippen molar-refractivity contribution < 1.29 is 14.4 Å². The van der Waals surface area contributed by atoms with Crippen LogP contribution in [0.4, 0.5) is 10.8 Å². The summed E-state index contributed by atoms with van der Waals surface area (Å²) in [4.78, 5) is 15.0. The third kappa shape index (κ3) is 2.11. The first-order chi connectivity index (χ1) is 9.70. The van der Waals surface area contributed by atoms with Crippen molar-refractivity contribution in [3.05, 3.63) is 16.2 Å². The van der Waals surface area contributed by atoms with Crippen LogP contribution in [-0.4, -0.2) is 29.7 Å². The molecule has 0 bridgehead atoms. The van der Waals surface area contributed by atoms with Crippen molar-refractivity contribution in [1.82, 2.24) is 4.98 Å². The molecule has 2 heterocycles. The van der Waals surface area contributed by atoms with Crippen LogP contribution in [0.2, 0.25) is 0 Å². The quantitative estimate of drug-likeness (QED) is 0.689. The van der Waals surface area contributed by atoms with Crippen molar-refractivity contribution >= 4 is 32.4 Å². The van der Waals surface area contributed by atoms with Gasteiger partial charge in [-0.1, -0.05) is 18.3 Å². The number of benzene rings is 1. The van der Waals surface area contributed by atoms with Crippen LogP contribution in [0.3, 0.4) is 0 Å². The summed E-state index contributed by atoms with van der Waals surface area (Å²) < 4.78 is 11.7. The average molecular weight is 295 g/mol. The molecule has 1 aromatic heterocycles. The molecular weight excluding hydrogens is 282 g/mol. The van der Waals surface area contributed by atoms with Crippen molar-refractivity contribution in [2.45, 2.75) is 13.3 Å². The molecular formula is C12H13N3O4S. The SMILES string of the molecule is CCCNc1nc2c([N+](=O)[O-])cc3c(c2s1)OCCO3. The lowest BCUT2D eigenvalue weighted by molar-refractivity contribution is -0.383. The number of nitro groups is 1. The summed E-state index contributed by atoms with van der Waals surface area (Å²) in [5.41, 5.74) is 0.299. The van der Waals surface area contributed by atoms with Crippen LogP contribution in [0, 0.1) is 10.1 Å². The molecule has 1 aliphatic heterocycles. The first-order valence-electron chi connectivity index (χ1n) is 6.32. The van der Waals surface area contributed by atoms with Crippen LogP contribution in [0.1, 0.15) is 13.3 Å². The van der Waals surface area contributed by atoms with Gasteiger partial charge in [0.2, 0.25) is 0 Å². The van der Waals surface area contributed by atoms with Crippen molar-refractivity contribution in [2.75, 3.05) is 25.1 Å². The highest BCUT2D eigenvalue weighted by atomic mass is 32.1. The highest BCUT2D eigenvalue weighted by molar-refractivity contribution is 7.22. The van der Waals surface area contributed by atoms with Gasteiger partial charge in [0, 0.05) is 6.54 Å². The molecule has 106 valence electrons. The zero-order chi connectivity index (χ0) is 14.1. The van der Waals surface area contributed by atoms with Gasteiger partial charge < -0.3 is 14.8 Å². The van der Waals surface area contributed by atoms with E-state index in [9.17, 15) is 10.1 Å². The zero-order valence-electron chi connectivity index (χ0n) is 10.8. The lowest BCUT2D eigenvalue weighted by Crippen LogP contribution is -2.15. The Morgan fingerprint density at radius 2 is 2.30 bits per heavy atom. The van der Waals surface area contributed by atoms with E-state index in [-0.39, 0.29) is 5.69 Å². The Bertz CT molecular complexity index is 670. The monoisotopic (exact) mass is 295 g/mol. The molecule has 0 fully saturated rings. The number of aromatic nitrogens is 1. The molecule has 0 atom stereocenters. The average Bonchev–Trinajstić information content (AvgIpc) is 2.88. The second-order valence-corrected chi connectivity index (χ2v) is 5.30. The number of rotatable bonds is 4. The third-order valence-corrected chi connectivity index (χ3v) is 3.89. The van der Waals surface area contributed by atoms with Gasteiger partial charge in [0.25, 0.3) is 5.69 Å². The minimum Gasteiger partial charge on any atom is -0.486 e. The minimum absolute atomic E-state index is 0.0509. The van der Waals surface area contributed by atoms with Crippen LogP contribution in [0.5, 0.6) is 11.5 Å². The van der Waals surface area contributed by atoms with Gasteiger partial charge in [-0.05, 0) is 6.42 Å². The van der Waals surface area contributed by atoms with Crippen LogP contribution in [-0.2, 0) is 0 Å². The Morgan fingerprint density at radius 3 is 3.05 bits per heavy atom. The number of ether oxygens (including phenoxy) is 2. The third-order valence-electron chi connectivity index (χ3n) is 2.88. The van der Waals surface area contributed by atoms with Gasteiger partial charge in [0.15, 0.2) is 22.1 Å². The molecule has 0 unspecified atom stereocenters.